The van der Waals surface area contributed by atoms with E-state index < -0.39 is 28.6 Å². The highest BCUT2D eigenvalue weighted by Crippen LogP contribution is 2.45. The van der Waals surface area contributed by atoms with Gasteiger partial charge < -0.3 is 10.4 Å². The average molecular weight is 532 g/mol. The van der Waals surface area contributed by atoms with E-state index in [2.05, 4.69) is 25.4 Å². The number of aliphatic carboxylic acids is 1. The van der Waals surface area contributed by atoms with Crippen LogP contribution in [0.25, 0.3) is 0 Å². The lowest BCUT2D eigenvalue weighted by molar-refractivity contribution is -0.155. The fourth-order valence-electron chi connectivity index (χ4n) is 5.45. The molecular formula is C27H32ClF2N5O2. The van der Waals surface area contributed by atoms with Crippen LogP contribution in [0, 0.1) is 24.0 Å². The Morgan fingerprint density at radius 3 is 2.70 bits per heavy atom. The summed E-state index contributed by atoms with van der Waals surface area (Å²) in [6.07, 6.45) is 1.14. The molecule has 0 unspecified atom stereocenters. The summed E-state index contributed by atoms with van der Waals surface area (Å²) in [5, 5.41) is 20.4. The first-order chi connectivity index (χ1) is 17.5. The number of rotatable bonds is 8. The number of hydrogen-bond donors (Lipinski definition) is 3. The second-order valence-corrected chi connectivity index (χ2v) is 10.7. The lowest BCUT2D eigenvalue weighted by Crippen LogP contribution is -2.57. The molecule has 0 saturated carbocycles. The number of benzene rings is 1. The molecule has 2 atom stereocenters. The van der Waals surface area contributed by atoms with Crippen molar-refractivity contribution in [2.45, 2.75) is 65.0 Å². The summed E-state index contributed by atoms with van der Waals surface area (Å²) in [5.74, 6) is -1.10. The number of anilines is 2. The standard InChI is InChI=1S/C27H32ClF2N5O2/c1-5-17-14-27(25(36)37,11-12-35(17)26(3,4)18-7-6-8-19(28)24(18)30)15-21-20(29)9-10-22(31-21)32-23-13-16(2)33-34-23/h6-10,13,17H,5,11-12,14-15H2,1-4H3,(H,36,37)(H2,31,32,33,34)/t17-,27-/m1/s1. The van der Waals surface area contributed by atoms with Crippen molar-refractivity contribution in [3.63, 3.8) is 0 Å². The monoisotopic (exact) mass is 531 g/mol. The van der Waals surface area contributed by atoms with Gasteiger partial charge in [-0.1, -0.05) is 30.7 Å². The number of H-pyrrole nitrogens is 1. The zero-order valence-electron chi connectivity index (χ0n) is 21.4. The zero-order chi connectivity index (χ0) is 27.0. The number of halogens is 3. The Kier molecular flexibility index (Phi) is 7.57. The minimum Gasteiger partial charge on any atom is -0.481 e. The molecule has 1 aromatic carbocycles. The van der Waals surface area contributed by atoms with Gasteiger partial charge in [-0.25, -0.2) is 13.8 Å². The van der Waals surface area contributed by atoms with Crippen LogP contribution in [-0.2, 0) is 16.8 Å². The third kappa shape index (κ3) is 5.33. The van der Waals surface area contributed by atoms with Crippen LogP contribution in [0.3, 0.4) is 0 Å². The van der Waals surface area contributed by atoms with E-state index in [1.807, 2.05) is 27.7 Å². The Morgan fingerprint density at radius 2 is 2.05 bits per heavy atom. The molecule has 3 heterocycles. The first-order valence-corrected chi connectivity index (χ1v) is 12.7. The lowest BCUT2D eigenvalue weighted by Gasteiger charge is -2.51. The SMILES string of the molecule is CC[C@@H]1C[C@](Cc2nc(Nc3cc(C)[nH]n3)ccc2F)(C(=O)O)CCN1C(C)(C)c1cccc(Cl)c1F. The quantitative estimate of drug-likeness (QED) is 0.320. The molecule has 0 radical (unpaired) electrons. The van der Waals surface area contributed by atoms with Gasteiger partial charge in [0, 0.05) is 41.9 Å². The molecule has 3 N–H and O–H groups in total. The molecule has 0 spiro atoms. The van der Waals surface area contributed by atoms with E-state index in [0.29, 0.717) is 30.2 Å². The number of nitrogens with zero attached hydrogens (tertiary/aromatic N) is 3. The van der Waals surface area contributed by atoms with Crippen molar-refractivity contribution >= 4 is 29.2 Å². The van der Waals surface area contributed by atoms with E-state index in [0.717, 1.165) is 5.69 Å². The molecule has 0 bridgehead atoms. The zero-order valence-corrected chi connectivity index (χ0v) is 22.2. The van der Waals surface area contributed by atoms with E-state index in [1.54, 1.807) is 18.2 Å². The summed E-state index contributed by atoms with van der Waals surface area (Å²) in [4.78, 5) is 19.2. The number of pyridine rings is 1. The highest BCUT2D eigenvalue weighted by atomic mass is 35.5. The van der Waals surface area contributed by atoms with Crippen molar-refractivity contribution < 1.29 is 18.7 Å². The molecule has 1 fully saturated rings. The Labute approximate surface area is 220 Å². The summed E-state index contributed by atoms with van der Waals surface area (Å²) >= 11 is 6.06. The number of likely N-dealkylation sites (tertiary alicyclic amines) is 1. The number of hydrogen-bond acceptors (Lipinski definition) is 5. The summed E-state index contributed by atoms with van der Waals surface area (Å²) in [6.45, 7) is 8.08. The molecular weight excluding hydrogens is 500 g/mol. The number of aromatic nitrogens is 3. The fourth-order valence-corrected chi connectivity index (χ4v) is 5.63. The van der Waals surface area contributed by atoms with E-state index >= 15 is 0 Å². The van der Waals surface area contributed by atoms with Crippen LogP contribution in [-0.4, -0.2) is 43.7 Å². The van der Waals surface area contributed by atoms with E-state index in [-0.39, 0.29) is 36.0 Å². The van der Waals surface area contributed by atoms with E-state index in [1.165, 1.54) is 18.2 Å². The highest BCUT2D eigenvalue weighted by molar-refractivity contribution is 6.30. The highest BCUT2D eigenvalue weighted by Gasteiger charge is 2.49. The van der Waals surface area contributed by atoms with Crippen molar-refractivity contribution in [3.05, 3.63) is 70.0 Å². The third-order valence-electron chi connectivity index (χ3n) is 7.54. The topological polar surface area (TPSA) is 94.1 Å². The molecule has 1 saturated heterocycles. The number of aromatic amines is 1. The number of carbonyl (C=O) groups is 1. The normalized spacial score (nSPS) is 20.7. The largest absolute Gasteiger partial charge is 0.481 e. The molecule has 7 nitrogen and oxygen atoms in total. The first kappa shape index (κ1) is 27.0. The predicted octanol–water partition coefficient (Wildman–Crippen LogP) is 6.21. The Hall–Kier alpha value is -3.04. The van der Waals surface area contributed by atoms with Crippen LogP contribution in [0.2, 0.25) is 5.02 Å². The van der Waals surface area contributed by atoms with Gasteiger partial charge in [0.05, 0.1) is 16.1 Å². The Morgan fingerprint density at radius 1 is 1.30 bits per heavy atom. The van der Waals surface area contributed by atoms with Gasteiger partial charge in [-0.3, -0.25) is 14.8 Å². The van der Waals surface area contributed by atoms with Gasteiger partial charge in [-0.15, -0.1) is 0 Å². The third-order valence-corrected chi connectivity index (χ3v) is 7.83. The van der Waals surface area contributed by atoms with Crippen molar-refractivity contribution in [1.82, 2.24) is 20.1 Å². The maximum atomic E-state index is 15.0. The Balaban J connectivity index is 1.61. The molecule has 0 aliphatic carbocycles. The van der Waals surface area contributed by atoms with Crippen molar-refractivity contribution in [2.75, 3.05) is 11.9 Å². The van der Waals surface area contributed by atoms with Crippen LogP contribution < -0.4 is 5.32 Å². The molecule has 10 heteroatoms. The average Bonchev–Trinajstić information content (AvgIpc) is 3.26. The van der Waals surface area contributed by atoms with Crippen molar-refractivity contribution in [2.24, 2.45) is 5.41 Å². The van der Waals surface area contributed by atoms with Gasteiger partial charge in [0.1, 0.15) is 17.5 Å². The fraction of sp³-hybridized carbons (Fsp3) is 0.444. The predicted molar refractivity (Wildman–Crippen MR) is 139 cm³/mol. The molecule has 198 valence electrons. The minimum atomic E-state index is -1.21. The molecule has 37 heavy (non-hydrogen) atoms. The smallest absolute Gasteiger partial charge is 0.310 e. The van der Waals surface area contributed by atoms with E-state index in [4.69, 9.17) is 11.6 Å². The Bertz CT molecular complexity index is 1300. The maximum absolute atomic E-state index is 15.0. The molecule has 3 aromatic rings. The van der Waals surface area contributed by atoms with Gasteiger partial charge in [0.2, 0.25) is 0 Å². The van der Waals surface area contributed by atoms with Crippen LogP contribution >= 0.6 is 11.6 Å². The van der Waals surface area contributed by atoms with Gasteiger partial charge in [0.15, 0.2) is 5.82 Å². The van der Waals surface area contributed by atoms with Crippen LogP contribution in [0.1, 0.15) is 57.0 Å². The number of aryl methyl sites for hydroxylation is 1. The van der Waals surface area contributed by atoms with Gasteiger partial charge >= 0.3 is 5.97 Å². The number of nitrogens with one attached hydrogen (secondary N) is 2. The van der Waals surface area contributed by atoms with Crippen LogP contribution in [0.5, 0.6) is 0 Å². The first-order valence-electron chi connectivity index (χ1n) is 12.4. The molecule has 1 aliphatic rings. The molecule has 1 aliphatic heterocycles. The summed E-state index contributed by atoms with van der Waals surface area (Å²) in [5.41, 5.74) is -0.540. The van der Waals surface area contributed by atoms with Crippen LogP contribution in [0.4, 0.5) is 20.4 Å². The minimum absolute atomic E-state index is 0.0514. The van der Waals surface area contributed by atoms with Crippen LogP contribution in [0.15, 0.2) is 36.4 Å². The number of carboxylic acid groups (broad SMARTS) is 1. The molecule has 2 aromatic heterocycles. The second kappa shape index (κ2) is 10.4. The maximum Gasteiger partial charge on any atom is 0.310 e. The number of piperidine rings is 1. The second-order valence-electron chi connectivity index (χ2n) is 10.3. The summed E-state index contributed by atoms with van der Waals surface area (Å²) < 4.78 is 29.9. The van der Waals surface area contributed by atoms with Gasteiger partial charge in [-0.2, -0.15) is 5.10 Å². The number of carboxylic acids is 1. The lowest BCUT2D eigenvalue weighted by atomic mass is 9.70. The summed E-state index contributed by atoms with van der Waals surface area (Å²) in [6, 6.07) is 9.34. The van der Waals surface area contributed by atoms with Crippen molar-refractivity contribution in [1.29, 1.82) is 0 Å². The molecule has 0 amide bonds. The molecule has 4 rings (SSSR count). The summed E-state index contributed by atoms with van der Waals surface area (Å²) in [7, 11) is 0. The van der Waals surface area contributed by atoms with Crippen molar-refractivity contribution in [3.8, 4) is 0 Å². The van der Waals surface area contributed by atoms with E-state index in [9.17, 15) is 18.7 Å². The van der Waals surface area contributed by atoms with Gasteiger partial charge in [0.25, 0.3) is 0 Å². The van der Waals surface area contributed by atoms with Gasteiger partial charge in [-0.05, 0) is 58.2 Å².